The van der Waals surface area contributed by atoms with Gasteiger partial charge in [-0.05, 0) is 36.1 Å². The smallest absolute Gasteiger partial charge is 0.319 e. The molecule has 120 valence electrons. The van der Waals surface area contributed by atoms with Crippen LogP contribution in [-0.4, -0.2) is 22.3 Å². The molecule has 0 aliphatic heterocycles. The summed E-state index contributed by atoms with van der Waals surface area (Å²) in [5.41, 5.74) is 3.57. The molecule has 2 aromatic carbocycles. The molecule has 1 unspecified atom stereocenters. The van der Waals surface area contributed by atoms with E-state index in [4.69, 9.17) is 0 Å². The lowest BCUT2D eigenvalue weighted by molar-refractivity contribution is 0.159. The van der Waals surface area contributed by atoms with Crippen LogP contribution in [-0.2, 0) is 19.4 Å². The van der Waals surface area contributed by atoms with E-state index in [1.807, 2.05) is 24.3 Å². The first-order chi connectivity index (χ1) is 11.1. The quantitative estimate of drug-likeness (QED) is 0.703. The average molecular weight is 312 g/mol. The van der Waals surface area contributed by atoms with Crippen molar-refractivity contribution in [3.63, 3.8) is 0 Å². The van der Waals surface area contributed by atoms with E-state index in [0.29, 0.717) is 12.0 Å². The number of carbonyl (C=O) groups excluding carboxylic acids is 1. The van der Waals surface area contributed by atoms with E-state index >= 15 is 0 Å². The number of hydrogen-bond donors (Lipinski definition) is 4. The van der Waals surface area contributed by atoms with Crippen molar-refractivity contribution in [3.8, 4) is 5.75 Å². The van der Waals surface area contributed by atoms with Crippen LogP contribution in [0.3, 0.4) is 0 Å². The average Bonchev–Trinajstić information content (AvgIpc) is 2.55. The number of aliphatic hydroxyl groups excluding tert-OH is 1. The normalized spacial score (nSPS) is 16.5. The maximum Gasteiger partial charge on any atom is 0.319 e. The molecular weight excluding hydrogens is 292 g/mol. The van der Waals surface area contributed by atoms with Gasteiger partial charge in [-0.15, -0.1) is 0 Å². The Morgan fingerprint density at radius 2 is 2.00 bits per heavy atom. The monoisotopic (exact) mass is 312 g/mol. The molecule has 0 fully saturated rings. The molecule has 1 aliphatic rings. The van der Waals surface area contributed by atoms with E-state index in [1.54, 1.807) is 18.2 Å². The first-order valence-corrected chi connectivity index (χ1v) is 7.74. The first-order valence-electron chi connectivity index (χ1n) is 7.74. The number of nitrogens with one attached hydrogen (secondary N) is 2. The van der Waals surface area contributed by atoms with Gasteiger partial charge in [-0.25, -0.2) is 4.79 Å². The van der Waals surface area contributed by atoms with E-state index in [2.05, 4.69) is 10.6 Å². The molecule has 1 aliphatic carbocycles. The van der Waals surface area contributed by atoms with Gasteiger partial charge in [-0.3, -0.25) is 0 Å². The van der Waals surface area contributed by atoms with Crippen molar-refractivity contribution < 1.29 is 15.0 Å². The third-order valence-corrected chi connectivity index (χ3v) is 4.14. The summed E-state index contributed by atoms with van der Waals surface area (Å²) in [4.78, 5) is 12.1. The zero-order valence-corrected chi connectivity index (χ0v) is 12.7. The molecule has 0 bridgehead atoms. The molecule has 0 saturated carbocycles. The van der Waals surface area contributed by atoms with Gasteiger partial charge in [0.25, 0.3) is 0 Å². The van der Waals surface area contributed by atoms with Crippen LogP contribution >= 0.6 is 0 Å². The number of fused-ring (bicyclic) bond motifs is 1. The number of aryl methyl sites for hydroxylation is 1. The van der Waals surface area contributed by atoms with Crippen molar-refractivity contribution >= 4 is 11.7 Å². The molecule has 1 atom stereocenters. The van der Waals surface area contributed by atoms with Crippen LogP contribution in [0.15, 0.2) is 42.5 Å². The lowest BCUT2D eigenvalue weighted by Gasteiger charge is -2.23. The van der Waals surface area contributed by atoms with Gasteiger partial charge in [0, 0.05) is 24.2 Å². The third-order valence-electron chi connectivity index (χ3n) is 4.14. The number of amides is 2. The highest BCUT2D eigenvalue weighted by Crippen LogP contribution is 2.28. The summed E-state index contributed by atoms with van der Waals surface area (Å²) in [6, 6.07) is 12.4. The van der Waals surface area contributed by atoms with E-state index in [-0.39, 0.29) is 24.4 Å². The van der Waals surface area contributed by atoms with Gasteiger partial charge >= 0.3 is 6.03 Å². The number of urea groups is 1. The Hall–Kier alpha value is -2.53. The van der Waals surface area contributed by atoms with Crippen molar-refractivity contribution in [3.05, 3.63) is 59.2 Å². The minimum Gasteiger partial charge on any atom is -0.508 e. The van der Waals surface area contributed by atoms with Crippen LogP contribution in [0.2, 0.25) is 0 Å². The van der Waals surface area contributed by atoms with E-state index in [0.717, 1.165) is 24.1 Å². The molecule has 2 aromatic rings. The number of para-hydroxylation sites is 1. The number of rotatable bonds is 3. The number of benzene rings is 2. The van der Waals surface area contributed by atoms with Crippen molar-refractivity contribution in [2.45, 2.75) is 31.9 Å². The van der Waals surface area contributed by atoms with Crippen LogP contribution in [0.25, 0.3) is 0 Å². The highest BCUT2D eigenvalue weighted by atomic mass is 16.3. The summed E-state index contributed by atoms with van der Waals surface area (Å²) in [6.45, 7) is 0.246. The standard InChI is InChI=1S/C18H20N2O3/c21-14-9-8-12-5-3-6-16(15(12)10-14)20-18(23)19-11-13-4-1-2-7-17(13)22/h1-7,14,21-22H,8-11H2,(H2,19,20,23). The highest BCUT2D eigenvalue weighted by Gasteiger charge is 2.19. The molecule has 0 aromatic heterocycles. The summed E-state index contributed by atoms with van der Waals surface area (Å²) in [5.74, 6) is 0.160. The summed E-state index contributed by atoms with van der Waals surface area (Å²) < 4.78 is 0. The molecule has 5 heteroatoms. The fourth-order valence-corrected chi connectivity index (χ4v) is 2.89. The largest absolute Gasteiger partial charge is 0.508 e. The minimum atomic E-state index is -0.352. The highest BCUT2D eigenvalue weighted by molar-refractivity contribution is 5.90. The predicted molar refractivity (Wildman–Crippen MR) is 88.4 cm³/mol. The lowest BCUT2D eigenvalue weighted by atomic mass is 9.88. The molecule has 3 rings (SSSR count). The Labute approximate surface area is 135 Å². The van der Waals surface area contributed by atoms with Crippen LogP contribution < -0.4 is 10.6 Å². The van der Waals surface area contributed by atoms with E-state index < -0.39 is 0 Å². The molecule has 0 radical (unpaired) electrons. The van der Waals surface area contributed by atoms with Crippen LogP contribution in [0, 0.1) is 0 Å². The maximum atomic E-state index is 12.1. The number of aromatic hydroxyl groups is 1. The topological polar surface area (TPSA) is 81.6 Å². The molecule has 0 heterocycles. The Morgan fingerprint density at radius 1 is 1.17 bits per heavy atom. The van der Waals surface area contributed by atoms with Crippen molar-refractivity contribution in [2.75, 3.05) is 5.32 Å². The predicted octanol–water partition coefficient (Wildman–Crippen LogP) is 2.56. The number of phenols is 1. The Balaban J connectivity index is 1.66. The van der Waals surface area contributed by atoms with Crippen LogP contribution in [0.4, 0.5) is 10.5 Å². The fraction of sp³-hybridized carbons (Fsp3) is 0.278. The summed E-state index contributed by atoms with van der Waals surface area (Å²) in [5, 5.41) is 25.1. The van der Waals surface area contributed by atoms with Crippen molar-refractivity contribution in [1.29, 1.82) is 0 Å². The van der Waals surface area contributed by atoms with Gasteiger partial charge in [0.2, 0.25) is 0 Å². The SMILES string of the molecule is O=C(NCc1ccccc1O)Nc1cccc2c1CC(O)CC2. The number of carbonyl (C=O) groups is 1. The second kappa shape index (κ2) is 6.71. The van der Waals surface area contributed by atoms with E-state index in [1.165, 1.54) is 5.56 Å². The van der Waals surface area contributed by atoms with Gasteiger partial charge in [0.1, 0.15) is 5.75 Å². The van der Waals surface area contributed by atoms with Gasteiger partial charge in [0.15, 0.2) is 0 Å². The second-order valence-corrected chi connectivity index (χ2v) is 5.78. The van der Waals surface area contributed by atoms with Crippen LogP contribution in [0.5, 0.6) is 5.75 Å². The minimum absolute atomic E-state index is 0.160. The second-order valence-electron chi connectivity index (χ2n) is 5.78. The van der Waals surface area contributed by atoms with Gasteiger partial charge in [0.05, 0.1) is 6.10 Å². The molecule has 5 nitrogen and oxygen atoms in total. The Bertz CT molecular complexity index is 715. The summed E-state index contributed by atoms with van der Waals surface area (Å²) >= 11 is 0. The molecular formula is C18H20N2O3. The Kier molecular flexibility index (Phi) is 4.48. The number of hydrogen-bond acceptors (Lipinski definition) is 3. The van der Waals surface area contributed by atoms with E-state index in [9.17, 15) is 15.0 Å². The van der Waals surface area contributed by atoms with Gasteiger partial charge in [-0.1, -0.05) is 30.3 Å². The number of phenolic OH excluding ortho intramolecular Hbond substituents is 1. The van der Waals surface area contributed by atoms with Gasteiger partial charge in [-0.2, -0.15) is 0 Å². The molecule has 23 heavy (non-hydrogen) atoms. The third kappa shape index (κ3) is 3.63. The molecule has 4 N–H and O–H groups in total. The molecule has 2 amide bonds. The van der Waals surface area contributed by atoms with Crippen LogP contribution in [0.1, 0.15) is 23.1 Å². The number of anilines is 1. The van der Waals surface area contributed by atoms with Crippen molar-refractivity contribution in [2.24, 2.45) is 0 Å². The Morgan fingerprint density at radius 3 is 2.83 bits per heavy atom. The summed E-state index contributed by atoms with van der Waals surface area (Å²) in [7, 11) is 0. The van der Waals surface area contributed by atoms with Crippen molar-refractivity contribution in [1.82, 2.24) is 5.32 Å². The molecule has 0 saturated heterocycles. The summed E-state index contributed by atoms with van der Waals surface area (Å²) in [6.07, 6.45) is 1.79. The first kappa shape index (κ1) is 15.4. The zero-order valence-electron chi connectivity index (χ0n) is 12.7. The lowest BCUT2D eigenvalue weighted by Crippen LogP contribution is -2.29. The van der Waals surface area contributed by atoms with Gasteiger partial charge < -0.3 is 20.8 Å². The molecule has 0 spiro atoms. The fourth-order valence-electron chi connectivity index (χ4n) is 2.89. The zero-order chi connectivity index (χ0) is 16.2. The number of aliphatic hydroxyl groups is 1. The maximum absolute atomic E-state index is 12.1.